The first-order valence-corrected chi connectivity index (χ1v) is 31.5. The van der Waals surface area contributed by atoms with Crippen LogP contribution in [0.2, 0.25) is 30.1 Å². The minimum Gasteiger partial charge on any atom is -0.495 e. The molecular formula is C60H72Cl6N16O10. The summed E-state index contributed by atoms with van der Waals surface area (Å²) in [7, 11) is 4.76. The highest BCUT2D eigenvalue weighted by atomic mass is 35.5. The minimum absolute atomic E-state index is 0.000907. The van der Waals surface area contributed by atoms with E-state index in [-0.39, 0.29) is 89.4 Å². The van der Waals surface area contributed by atoms with E-state index >= 15 is 0 Å². The fourth-order valence-electron chi connectivity index (χ4n) is 10.9. The van der Waals surface area contributed by atoms with E-state index in [4.69, 9.17) is 98.8 Å². The molecule has 0 bridgehead atoms. The van der Waals surface area contributed by atoms with Gasteiger partial charge in [0.1, 0.15) is 36.9 Å². The van der Waals surface area contributed by atoms with Gasteiger partial charge in [0.05, 0.1) is 75.2 Å². The molecule has 4 aromatic heterocycles. The number of carbonyl (C=O) groups is 5. The molecular weight excluding hydrogens is 1320 g/mol. The van der Waals surface area contributed by atoms with Crippen molar-refractivity contribution in [3.05, 3.63) is 120 Å². The van der Waals surface area contributed by atoms with Crippen LogP contribution < -0.4 is 40.2 Å². The van der Waals surface area contributed by atoms with E-state index in [2.05, 4.69) is 40.2 Å². The molecule has 3 saturated heterocycles. The maximum absolute atomic E-state index is 13.0. The molecule has 0 unspecified atom stereocenters. The first-order valence-electron chi connectivity index (χ1n) is 29.2. The van der Waals surface area contributed by atoms with Crippen LogP contribution in [-0.4, -0.2) is 189 Å². The zero-order chi connectivity index (χ0) is 66.8. The Morgan fingerprint density at radius 3 is 1.27 bits per heavy atom. The average molecular weight is 1390 g/mol. The summed E-state index contributed by atoms with van der Waals surface area (Å²) in [6.45, 7) is 19.0. The number of anilines is 3. The fourth-order valence-corrected chi connectivity index (χ4v) is 12.1. The highest BCUT2D eigenvalue weighted by Gasteiger charge is 2.33. The molecule has 32 heteroatoms. The molecule has 0 radical (unpaired) electrons. The van der Waals surface area contributed by atoms with Crippen LogP contribution >= 0.6 is 69.6 Å². The molecule has 7 heterocycles. The molecule has 494 valence electrons. The number of hydrazine groups is 1. The van der Waals surface area contributed by atoms with Crippen LogP contribution in [0.25, 0.3) is 11.6 Å². The monoisotopic (exact) mass is 1390 g/mol. The van der Waals surface area contributed by atoms with Gasteiger partial charge in [-0.25, -0.2) is 10.6 Å². The molecule has 10 rings (SSSR count). The molecule has 3 aliphatic heterocycles. The lowest BCUT2D eigenvalue weighted by Crippen LogP contribution is -2.54. The van der Waals surface area contributed by atoms with Crippen molar-refractivity contribution < 1.29 is 47.3 Å². The Kier molecular flexibility index (Phi) is 23.8. The number of hydrogen-bond donors (Lipinski definition) is 2. The standard InChI is InChI=1S/C21H26Cl2N4O4.C20H22Cl2N6O3.C19H24Cl2N6O3/c1-5-31-21(29)20-19(23)14(3)27(24-20)12-18(28)26-9-8-25(11-13(26)2)15-6-7-16(22)17(10-15)30-4;1-12-9-26(14-4-5-15(21)16(8-14)30-3)6-7-27(12)17(29)10-28-13(2)18(22)19(25-28)20-24-23-11-31-20;1-11-9-25(13-4-5-14(20)15(8-13)30-3)6-7-26(11)16(28)10-27-12(2)17(21)18(24-27)19(29)23-22/h6-7,10,13H,5,8-9,11-12H2,1-4H3;4-5,8,11-12H,6-7,9-10H2,1-3H3;4-5,8,11H,6-7,9-10,22H2,1-3H3,(H,23,29)/t13-;12-;11-/m000/s1. The third kappa shape index (κ3) is 16.0. The predicted molar refractivity (Wildman–Crippen MR) is 351 cm³/mol. The Labute approximate surface area is 562 Å². The Morgan fingerprint density at radius 2 is 0.924 bits per heavy atom. The molecule has 26 nitrogen and oxygen atoms in total. The molecule has 3 aromatic carbocycles. The number of carbonyl (C=O) groups excluding carboxylic acids is 5. The van der Waals surface area contributed by atoms with Crippen LogP contribution in [-0.2, 0) is 38.8 Å². The summed E-state index contributed by atoms with van der Waals surface area (Å²) >= 11 is 37.1. The number of nitrogens with one attached hydrogen (secondary N) is 1. The summed E-state index contributed by atoms with van der Waals surface area (Å²) in [5, 5.41) is 22.7. The second-order valence-corrected chi connectivity index (χ2v) is 24.1. The van der Waals surface area contributed by atoms with Gasteiger partial charge in [0, 0.05) is 112 Å². The van der Waals surface area contributed by atoms with Crippen molar-refractivity contribution in [1.29, 1.82) is 0 Å². The Morgan fingerprint density at radius 1 is 0.554 bits per heavy atom. The molecule has 7 aromatic rings. The maximum atomic E-state index is 13.0. The zero-order valence-corrected chi connectivity index (χ0v) is 56.9. The van der Waals surface area contributed by atoms with Gasteiger partial charge in [0.15, 0.2) is 17.1 Å². The second-order valence-electron chi connectivity index (χ2n) is 21.8. The number of halogens is 6. The number of aromatic nitrogens is 8. The van der Waals surface area contributed by atoms with Gasteiger partial charge in [-0.05, 0) is 84.9 Å². The fraction of sp³-hybridized carbons (Fsp3) is 0.433. The van der Waals surface area contributed by atoms with E-state index in [9.17, 15) is 24.0 Å². The minimum atomic E-state index is -0.602. The van der Waals surface area contributed by atoms with Gasteiger partial charge < -0.3 is 52.8 Å². The smallest absolute Gasteiger partial charge is 0.360 e. The number of esters is 1. The number of nitrogens with zero attached hydrogens (tertiary/aromatic N) is 14. The van der Waals surface area contributed by atoms with Crippen molar-refractivity contribution >= 4 is 116 Å². The van der Waals surface area contributed by atoms with Gasteiger partial charge in [-0.15, -0.1) is 10.2 Å². The topological polar surface area (TPSA) is 272 Å². The first kappa shape index (κ1) is 70.2. The van der Waals surface area contributed by atoms with E-state index in [0.717, 1.165) is 17.1 Å². The number of amides is 4. The largest absolute Gasteiger partial charge is 0.495 e. The third-order valence-electron chi connectivity index (χ3n) is 16.0. The molecule has 3 fully saturated rings. The van der Waals surface area contributed by atoms with Crippen LogP contribution in [0.4, 0.5) is 17.1 Å². The Balaban J connectivity index is 0.000000178. The highest BCUT2D eigenvalue weighted by Crippen LogP contribution is 2.35. The average Bonchev–Trinajstić information content (AvgIpc) is 1.71. The van der Waals surface area contributed by atoms with Crippen molar-refractivity contribution in [3.63, 3.8) is 0 Å². The lowest BCUT2D eigenvalue weighted by Gasteiger charge is -2.41. The normalized spacial score (nSPS) is 16.5. The van der Waals surface area contributed by atoms with Crippen LogP contribution in [0, 0.1) is 20.8 Å². The lowest BCUT2D eigenvalue weighted by molar-refractivity contribution is -0.135. The number of hydrogen-bond acceptors (Lipinski definition) is 19. The van der Waals surface area contributed by atoms with Crippen molar-refractivity contribution in [1.82, 2.24) is 59.7 Å². The Bertz CT molecular complexity index is 3790. The van der Waals surface area contributed by atoms with Gasteiger partial charge in [-0.1, -0.05) is 69.6 Å². The second kappa shape index (κ2) is 31.3. The Hall–Kier alpha value is -7.72. The molecule has 3 atom stereocenters. The van der Waals surface area contributed by atoms with E-state index in [1.165, 1.54) is 15.8 Å². The van der Waals surface area contributed by atoms with Crippen molar-refractivity contribution in [3.8, 4) is 28.8 Å². The van der Waals surface area contributed by atoms with Crippen molar-refractivity contribution in [2.24, 2.45) is 5.84 Å². The van der Waals surface area contributed by atoms with Crippen LogP contribution in [0.5, 0.6) is 17.2 Å². The van der Waals surface area contributed by atoms with E-state index < -0.39 is 11.9 Å². The summed E-state index contributed by atoms with van der Waals surface area (Å²) in [4.78, 5) is 74.8. The number of methoxy groups -OCH3 is 3. The summed E-state index contributed by atoms with van der Waals surface area (Å²) in [5.41, 5.74) is 7.15. The number of benzene rings is 3. The summed E-state index contributed by atoms with van der Waals surface area (Å²) < 4.78 is 30.5. The zero-order valence-electron chi connectivity index (χ0n) is 52.4. The summed E-state index contributed by atoms with van der Waals surface area (Å²) in [5.74, 6) is 5.83. The van der Waals surface area contributed by atoms with E-state index in [1.807, 2.05) is 84.5 Å². The predicted octanol–water partition coefficient (Wildman–Crippen LogP) is 8.56. The van der Waals surface area contributed by atoms with Crippen LogP contribution in [0.3, 0.4) is 0 Å². The number of ether oxygens (including phenoxy) is 4. The maximum Gasteiger partial charge on any atom is 0.360 e. The molecule has 3 N–H and O–H groups in total. The summed E-state index contributed by atoms with van der Waals surface area (Å²) in [6, 6.07) is 17.0. The number of rotatable bonds is 16. The molecule has 3 aliphatic rings. The van der Waals surface area contributed by atoms with Gasteiger partial charge in [0.25, 0.3) is 11.8 Å². The van der Waals surface area contributed by atoms with Gasteiger partial charge in [-0.3, -0.25) is 38.6 Å². The van der Waals surface area contributed by atoms with Gasteiger partial charge in [-0.2, -0.15) is 15.3 Å². The quantitative estimate of drug-likeness (QED) is 0.0397. The van der Waals surface area contributed by atoms with Crippen LogP contribution in [0.1, 0.15) is 65.8 Å². The first-order chi connectivity index (χ1) is 43.9. The lowest BCUT2D eigenvalue weighted by atomic mass is 10.1. The number of nitrogen functional groups attached to an aromatic ring is 1. The summed E-state index contributed by atoms with van der Waals surface area (Å²) in [6.07, 6.45) is 1.21. The number of piperazine rings is 3. The van der Waals surface area contributed by atoms with Crippen molar-refractivity contribution in [2.75, 3.05) is 102 Å². The van der Waals surface area contributed by atoms with E-state index in [1.54, 1.807) is 64.7 Å². The van der Waals surface area contributed by atoms with Crippen LogP contribution in [0.15, 0.2) is 65.4 Å². The molecule has 4 amide bonds. The highest BCUT2D eigenvalue weighted by molar-refractivity contribution is 6.35. The molecule has 0 saturated carbocycles. The van der Waals surface area contributed by atoms with Crippen molar-refractivity contribution in [2.45, 2.75) is 86.2 Å². The molecule has 0 aliphatic carbocycles. The number of nitrogens with two attached hydrogens (primary N) is 1. The van der Waals surface area contributed by atoms with Gasteiger partial charge in [0.2, 0.25) is 24.1 Å². The SMILES string of the molecule is CCOC(=O)c1nn(CC(=O)N2CCN(c3ccc(Cl)c(OC)c3)C[C@@H]2C)c(C)c1Cl.COc1cc(N2CCN(C(=O)Cn3nc(-c4nnco4)c(Cl)c3C)[C@@H](C)C2)ccc1Cl.COc1cc(N2CCN(C(=O)Cn3nc(C(=O)NN)c(Cl)c3C)[C@@H](C)C2)ccc1Cl. The van der Waals surface area contributed by atoms with Gasteiger partial charge >= 0.3 is 5.97 Å². The van der Waals surface area contributed by atoms with E-state index in [0.29, 0.717) is 119 Å². The molecule has 92 heavy (non-hydrogen) atoms. The molecule has 0 spiro atoms. The third-order valence-corrected chi connectivity index (χ3v) is 18.3.